The minimum atomic E-state index is -2.34. The lowest BCUT2D eigenvalue weighted by Crippen LogP contribution is -2.19. The third-order valence-corrected chi connectivity index (χ3v) is 4.32. The van der Waals surface area contributed by atoms with Crippen LogP contribution in [0.3, 0.4) is 0 Å². The van der Waals surface area contributed by atoms with E-state index >= 15 is 0 Å². The molecule has 152 valence electrons. The molecule has 30 heavy (non-hydrogen) atoms. The Balaban J connectivity index is 1.61. The van der Waals surface area contributed by atoms with Crippen LogP contribution < -0.4 is 5.32 Å². The Morgan fingerprint density at radius 2 is 1.50 bits per heavy atom. The van der Waals surface area contributed by atoms with E-state index in [9.17, 15) is 26.7 Å². The molecule has 1 heterocycles. The van der Waals surface area contributed by atoms with E-state index < -0.39 is 40.6 Å². The van der Waals surface area contributed by atoms with Crippen molar-refractivity contribution in [1.29, 1.82) is 0 Å². The Labute approximate surface area is 166 Å². The monoisotopic (exact) mass is 418 g/mol. The zero-order valence-corrected chi connectivity index (χ0v) is 15.0. The highest BCUT2D eigenvalue weighted by atomic mass is 19.2. The summed E-state index contributed by atoms with van der Waals surface area (Å²) in [4.78, 5) is 16.5. The number of rotatable bonds is 4. The Hall–Kier alpha value is -3.75. The molecule has 0 unspecified atom stereocenters. The number of aromatic nitrogens is 1. The fraction of sp³-hybridized carbons (Fsp3) is 0.0476. The number of benzene rings is 3. The van der Waals surface area contributed by atoms with E-state index in [1.807, 2.05) is 30.3 Å². The van der Waals surface area contributed by atoms with Crippen molar-refractivity contribution in [2.75, 3.05) is 5.32 Å². The van der Waals surface area contributed by atoms with Crippen LogP contribution in [-0.4, -0.2) is 10.9 Å². The molecule has 0 atom stereocenters. The van der Waals surface area contributed by atoms with Gasteiger partial charge in [0.15, 0.2) is 34.7 Å². The van der Waals surface area contributed by atoms with E-state index in [4.69, 9.17) is 4.42 Å². The molecule has 0 aliphatic carbocycles. The summed E-state index contributed by atoms with van der Waals surface area (Å²) in [6.07, 6.45) is 0.418. The zero-order valence-electron chi connectivity index (χ0n) is 15.0. The molecular weight excluding hydrogens is 407 g/mol. The van der Waals surface area contributed by atoms with Crippen LogP contribution in [-0.2, 0) is 6.42 Å². The standard InChI is InChI=1S/C21H11F5N2O2/c22-16-15(17(23)19(25)20(26)18(16)24)21(29)27-11-6-7-13-12(9-11)28-14(30-13)8-10-4-2-1-3-5-10/h1-7,9H,8H2,(H,27,29). The molecule has 0 aliphatic heterocycles. The second-order valence-corrected chi connectivity index (χ2v) is 6.35. The van der Waals surface area contributed by atoms with Crippen molar-refractivity contribution >= 4 is 22.7 Å². The molecular formula is C21H11F5N2O2. The molecule has 9 heteroatoms. The minimum absolute atomic E-state index is 0.0380. The van der Waals surface area contributed by atoms with Gasteiger partial charge < -0.3 is 9.73 Å². The zero-order chi connectivity index (χ0) is 21.4. The Morgan fingerprint density at radius 3 is 2.17 bits per heavy atom. The van der Waals surface area contributed by atoms with Crippen LogP contribution in [0.1, 0.15) is 21.8 Å². The van der Waals surface area contributed by atoms with Gasteiger partial charge in [0.05, 0.1) is 0 Å². The number of nitrogens with zero attached hydrogens (tertiary/aromatic N) is 1. The second kappa shape index (κ2) is 7.58. The number of carbonyl (C=O) groups excluding carboxylic acids is 1. The summed E-state index contributed by atoms with van der Waals surface area (Å²) in [5, 5.41) is 2.11. The van der Waals surface area contributed by atoms with Gasteiger partial charge in [-0.1, -0.05) is 30.3 Å². The first-order valence-corrected chi connectivity index (χ1v) is 8.61. The molecule has 0 bridgehead atoms. The first-order chi connectivity index (χ1) is 14.3. The van der Waals surface area contributed by atoms with Gasteiger partial charge in [-0.15, -0.1) is 0 Å². The van der Waals surface area contributed by atoms with Crippen LogP contribution in [0.4, 0.5) is 27.6 Å². The van der Waals surface area contributed by atoms with Gasteiger partial charge in [-0.05, 0) is 23.8 Å². The lowest BCUT2D eigenvalue weighted by Gasteiger charge is -2.09. The normalized spacial score (nSPS) is 11.1. The molecule has 0 saturated heterocycles. The van der Waals surface area contributed by atoms with Crippen molar-refractivity contribution in [3.63, 3.8) is 0 Å². The van der Waals surface area contributed by atoms with Crippen LogP contribution in [0.5, 0.6) is 0 Å². The van der Waals surface area contributed by atoms with E-state index in [1.165, 1.54) is 18.2 Å². The van der Waals surface area contributed by atoms with Crippen LogP contribution in [0.15, 0.2) is 52.9 Å². The number of anilines is 1. The quantitative estimate of drug-likeness (QED) is 0.276. The highest BCUT2D eigenvalue weighted by Gasteiger charge is 2.29. The van der Waals surface area contributed by atoms with E-state index in [2.05, 4.69) is 10.3 Å². The van der Waals surface area contributed by atoms with Gasteiger partial charge in [-0.2, -0.15) is 0 Å². The molecule has 0 fully saturated rings. The Bertz CT molecular complexity index is 1240. The van der Waals surface area contributed by atoms with Crippen molar-refractivity contribution in [2.45, 2.75) is 6.42 Å². The van der Waals surface area contributed by atoms with Gasteiger partial charge in [0, 0.05) is 12.1 Å². The van der Waals surface area contributed by atoms with E-state index in [1.54, 1.807) is 0 Å². The summed E-state index contributed by atoms with van der Waals surface area (Å²) < 4.78 is 73.0. The van der Waals surface area contributed by atoms with Gasteiger partial charge in [0.25, 0.3) is 5.91 Å². The molecule has 1 N–H and O–H groups in total. The van der Waals surface area contributed by atoms with E-state index in [-0.39, 0.29) is 5.69 Å². The van der Waals surface area contributed by atoms with E-state index in [0.29, 0.717) is 23.4 Å². The van der Waals surface area contributed by atoms with Crippen LogP contribution in [0, 0.1) is 29.1 Å². The largest absolute Gasteiger partial charge is 0.440 e. The lowest BCUT2D eigenvalue weighted by molar-refractivity contribution is 0.101. The Morgan fingerprint density at radius 1 is 0.867 bits per heavy atom. The summed E-state index contributed by atoms with van der Waals surface area (Å²) >= 11 is 0. The first kappa shape index (κ1) is 19.6. The predicted octanol–water partition coefficient (Wildman–Crippen LogP) is 5.37. The summed E-state index contributed by atoms with van der Waals surface area (Å²) in [5.74, 6) is -12.2. The average Bonchev–Trinajstić information content (AvgIpc) is 3.13. The molecule has 0 radical (unpaired) electrons. The third-order valence-electron chi connectivity index (χ3n) is 4.32. The molecule has 1 aromatic heterocycles. The van der Waals surface area contributed by atoms with Gasteiger partial charge in [-0.3, -0.25) is 4.79 Å². The molecule has 0 aliphatic rings. The first-order valence-electron chi connectivity index (χ1n) is 8.61. The van der Waals surface area contributed by atoms with Crippen LogP contribution in [0.25, 0.3) is 11.1 Å². The molecule has 3 aromatic carbocycles. The van der Waals surface area contributed by atoms with Gasteiger partial charge >= 0.3 is 0 Å². The predicted molar refractivity (Wildman–Crippen MR) is 97.4 cm³/mol. The van der Waals surface area contributed by atoms with Crippen LogP contribution >= 0.6 is 0 Å². The van der Waals surface area contributed by atoms with Crippen LogP contribution in [0.2, 0.25) is 0 Å². The summed E-state index contributed by atoms with van der Waals surface area (Å²) in [6, 6.07) is 13.6. The van der Waals surface area contributed by atoms with Crippen molar-refractivity contribution in [3.05, 3.63) is 94.6 Å². The van der Waals surface area contributed by atoms with Crippen molar-refractivity contribution in [2.24, 2.45) is 0 Å². The van der Waals surface area contributed by atoms with Gasteiger partial charge in [0.2, 0.25) is 5.82 Å². The fourth-order valence-corrected chi connectivity index (χ4v) is 2.90. The number of halogens is 5. The fourth-order valence-electron chi connectivity index (χ4n) is 2.90. The summed E-state index contributed by atoms with van der Waals surface area (Å²) in [5.41, 5.74) is 0.169. The number of amides is 1. The molecule has 0 saturated carbocycles. The second-order valence-electron chi connectivity index (χ2n) is 6.35. The molecule has 4 rings (SSSR count). The minimum Gasteiger partial charge on any atom is -0.440 e. The van der Waals surface area contributed by atoms with Gasteiger partial charge in [-0.25, -0.2) is 26.9 Å². The summed E-state index contributed by atoms with van der Waals surface area (Å²) in [6.45, 7) is 0. The highest BCUT2D eigenvalue weighted by Crippen LogP contribution is 2.25. The smallest absolute Gasteiger partial charge is 0.261 e. The topological polar surface area (TPSA) is 55.1 Å². The van der Waals surface area contributed by atoms with Crippen molar-refractivity contribution in [3.8, 4) is 0 Å². The molecule has 0 spiro atoms. The maximum absolute atomic E-state index is 13.8. The number of hydrogen-bond acceptors (Lipinski definition) is 3. The Kier molecular flexibility index (Phi) is 4.94. The number of oxazole rings is 1. The third kappa shape index (κ3) is 3.49. The SMILES string of the molecule is O=C(Nc1ccc2oc(Cc3ccccc3)nc2c1)c1c(F)c(F)c(F)c(F)c1F. The maximum atomic E-state index is 13.8. The average molecular weight is 418 g/mol. The van der Waals surface area contributed by atoms with E-state index in [0.717, 1.165) is 5.56 Å². The molecule has 4 nitrogen and oxygen atoms in total. The van der Waals surface area contributed by atoms with Crippen molar-refractivity contribution in [1.82, 2.24) is 4.98 Å². The number of fused-ring (bicyclic) bond motifs is 1. The lowest BCUT2D eigenvalue weighted by atomic mass is 10.1. The number of hydrogen-bond donors (Lipinski definition) is 1. The maximum Gasteiger partial charge on any atom is 0.261 e. The molecule has 1 amide bonds. The van der Waals surface area contributed by atoms with Gasteiger partial charge in [0.1, 0.15) is 11.1 Å². The van der Waals surface area contributed by atoms with Crippen molar-refractivity contribution < 1.29 is 31.2 Å². The number of carbonyl (C=O) groups is 1. The number of nitrogens with one attached hydrogen (secondary N) is 1. The summed E-state index contributed by atoms with van der Waals surface area (Å²) in [7, 11) is 0. The highest BCUT2D eigenvalue weighted by molar-refractivity contribution is 6.05. The molecule has 4 aromatic rings.